The zero-order valence-corrected chi connectivity index (χ0v) is 25.1. The molecule has 1 unspecified atom stereocenters. The minimum atomic E-state index is -3.67. The number of halogens is 2. The topological polar surface area (TPSA) is 79.8 Å². The third kappa shape index (κ3) is 6.31. The maximum Gasteiger partial charge on any atom is 0.252 e. The Bertz CT molecular complexity index is 1480. The van der Waals surface area contributed by atoms with Gasteiger partial charge in [-0.2, -0.15) is 0 Å². The number of hydrogen-bond acceptors (Lipinski definition) is 5. The van der Waals surface area contributed by atoms with E-state index < -0.39 is 39.6 Å². The van der Waals surface area contributed by atoms with Crippen LogP contribution in [0.25, 0.3) is 0 Å². The third-order valence-electron chi connectivity index (χ3n) is 7.60. The highest BCUT2D eigenvalue weighted by Gasteiger charge is 2.48. The summed E-state index contributed by atoms with van der Waals surface area (Å²) in [5.74, 6) is 0.121. The summed E-state index contributed by atoms with van der Waals surface area (Å²) >= 11 is 12.6. The Morgan fingerprint density at radius 3 is 2.44 bits per heavy atom. The molecule has 2 fully saturated rings. The Balaban J connectivity index is 1.63. The standard InChI is InChI=1S/C31H33Cl2N3O4S/c1-3-8-27-31(37)36(25(4-2)20-35(28-11-5-6-18-34-28)41(38,39)26-16-17-26)29(21-12-14-23(32)15-13-21)30(40-27)22-9-7-10-24(33)19-22/h3,5-7,9-15,18-19,25-27,29-30H,1,4,8,16-17,20H2,2H3/t25-,27+,29-,30?/m1/s1. The lowest BCUT2D eigenvalue weighted by atomic mass is 9.89. The van der Waals surface area contributed by atoms with Gasteiger partial charge < -0.3 is 9.64 Å². The van der Waals surface area contributed by atoms with E-state index >= 15 is 0 Å². The predicted octanol–water partition coefficient (Wildman–Crippen LogP) is 6.75. The first-order valence-corrected chi connectivity index (χ1v) is 16.0. The molecule has 1 aliphatic carbocycles. The molecule has 1 saturated heterocycles. The summed E-state index contributed by atoms with van der Waals surface area (Å²) in [7, 11) is -3.67. The molecule has 5 rings (SSSR count). The average Bonchev–Trinajstić information content (AvgIpc) is 3.83. The van der Waals surface area contributed by atoms with E-state index in [2.05, 4.69) is 11.6 Å². The number of aromatic nitrogens is 1. The van der Waals surface area contributed by atoms with Crippen molar-refractivity contribution in [1.82, 2.24) is 9.88 Å². The number of carbonyl (C=O) groups excluding carboxylic acids is 1. The molecule has 3 aromatic rings. The van der Waals surface area contributed by atoms with Gasteiger partial charge in [0, 0.05) is 22.7 Å². The van der Waals surface area contributed by atoms with Crippen LogP contribution in [0.4, 0.5) is 5.82 Å². The Hall–Kier alpha value is -2.91. The number of ether oxygens (including phenoxy) is 1. The van der Waals surface area contributed by atoms with Crippen LogP contribution >= 0.6 is 23.2 Å². The lowest BCUT2D eigenvalue weighted by molar-refractivity contribution is -0.178. The van der Waals surface area contributed by atoms with Crippen LogP contribution in [0.5, 0.6) is 0 Å². The van der Waals surface area contributed by atoms with Crippen molar-refractivity contribution in [2.24, 2.45) is 0 Å². The van der Waals surface area contributed by atoms with Crippen molar-refractivity contribution in [1.29, 1.82) is 0 Å². The van der Waals surface area contributed by atoms with Crippen LogP contribution in [-0.4, -0.2) is 48.1 Å². The van der Waals surface area contributed by atoms with Crippen molar-refractivity contribution < 1.29 is 17.9 Å². The molecule has 0 spiro atoms. The Morgan fingerprint density at radius 1 is 1.07 bits per heavy atom. The molecule has 1 aromatic heterocycles. The number of morpholine rings is 1. The summed E-state index contributed by atoms with van der Waals surface area (Å²) < 4.78 is 35.3. The Labute approximate surface area is 251 Å². The van der Waals surface area contributed by atoms with Crippen molar-refractivity contribution in [2.75, 3.05) is 10.8 Å². The van der Waals surface area contributed by atoms with Crippen molar-refractivity contribution in [3.05, 3.63) is 107 Å². The van der Waals surface area contributed by atoms with E-state index in [1.54, 1.807) is 48.7 Å². The number of benzene rings is 2. The van der Waals surface area contributed by atoms with Gasteiger partial charge in [-0.15, -0.1) is 6.58 Å². The van der Waals surface area contributed by atoms with Crippen LogP contribution < -0.4 is 4.31 Å². The van der Waals surface area contributed by atoms with Gasteiger partial charge in [0.25, 0.3) is 5.91 Å². The molecule has 2 heterocycles. The Kier molecular flexibility index (Phi) is 9.04. The zero-order valence-electron chi connectivity index (χ0n) is 22.8. The quantitative estimate of drug-likeness (QED) is 0.223. The van der Waals surface area contributed by atoms with Crippen molar-refractivity contribution in [3.63, 3.8) is 0 Å². The van der Waals surface area contributed by atoms with Crippen LogP contribution in [-0.2, 0) is 19.6 Å². The lowest BCUT2D eigenvalue weighted by Gasteiger charge is -2.48. The monoisotopic (exact) mass is 613 g/mol. The minimum absolute atomic E-state index is 0.0608. The number of carbonyl (C=O) groups is 1. The summed E-state index contributed by atoms with van der Waals surface area (Å²) in [5.41, 5.74) is 1.63. The summed E-state index contributed by atoms with van der Waals surface area (Å²) in [6, 6.07) is 18.9. The molecule has 7 nitrogen and oxygen atoms in total. The van der Waals surface area contributed by atoms with Gasteiger partial charge in [0.1, 0.15) is 18.0 Å². The molecule has 2 aliphatic rings. The lowest BCUT2D eigenvalue weighted by Crippen LogP contribution is -2.57. The maximum absolute atomic E-state index is 14.2. The molecule has 4 atom stereocenters. The number of hydrogen-bond donors (Lipinski definition) is 0. The van der Waals surface area contributed by atoms with Crippen molar-refractivity contribution >= 4 is 45.0 Å². The average molecular weight is 615 g/mol. The first-order valence-electron chi connectivity index (χ1n) is 13.8. The van der Waals surface area contributed by atoms with Crippen molar-refractivity contribution in [2.45, 2.75) is 62.1 Å². The molecule has 1 amide bonds. The van der Waals surface area contributed by atoms with Crippen molar-refractivity contribution in [3.8, 4) is 0 Å². The van der Waals surface area contributed by atoms with Gasteiger partial charge in [-0.05, 0) is 66.8 Å². The van der Waals surface area contributed by atoms with E-state index in [0.717, 1.165) is 11.1 Å². The number of rotatable bonds is 11. The molecule has 1 saturated carbocycles. The number of amides is 1. The zero-order chi connectivity index (χ0) is 29.1. The largest absolute Gasteiger partial charge is 0.358 e. The highest BCUT2D eigenvalue weighted by atomic mass is 35.5. The molecule has 0 N–H and O–H groups in total. The molecule has 216 valence electrons. The first kappa shape index (κ1) is 29.6. The van der Waals surface area contributed by atoms with Crippen LogP contribution in [0.15, 0.2) is 85.6 Å². The fraction of sp³-hybridized carbons (Fsp3) is 0.355. The second kappa shape index (κ2) is 12.5. The van der Waals surface area contributed by atoms with Gasteiger partial charge in [0.15, 0.2) is 0 Å². The maximum atomic E-state index is 14.2. The van der Waals surface area contributed by atoms with Gasteiger partial charge >= 0.3 is 0 Å². The second-order valence-corrected chi connectivity index (χ2v) is 13.4. The normalized spacial score (nSPS) is 21.9. The smallest absolute Gasteiger partial charge is 0.252 e. The van der Waals surface area contributed by atoms with E-state index in [-0.39, 0.29) is 12.5 Å². The van der Waals surface area contributed by atoms with Gasteiger partial charge in [-0.25, -0.2) is 13.4 Å². The first-order chi connectivity index (χ1) is 19.7. The molecular formula is C31H33Cl2N3O4S. The summed E-state index contributed by atoms with van der Waals surface area (Å²) in [5, 5.41) is 0.673. The van der Waals surface area contributed by atoms with E-state index in [1.165, 1.54) is 4.31 Å². The molecule has 10 heteroatoms. The van der Waals surface area contributed by atoms with Crippen LogP contribution in [0, 0.1) is 0 Å². The van der Waals surface area contributed by atoms with Gasteiger partial charge in [-0.1, -0.05) is 66.5 Å². The third-order valence-corrected chi connectivity index (χ3v) is 10.3. The Morgan fingerprint density at radius 2 is 1.83 bits per heavy atom. The van der Waals surface area contributed by atoms with Crippen LogP contribution in [0.3, 0.4) is 0 Å². The molecule has 0 bridgehead atoms. The van der Waals surface area contributed by atoms with Gasteiger partial charge in [0.2, 0.25) is 10.0 Å². The second-order valence-electron chi connectivity index (χ2n) is 10.4. The predicted molar refractivity (Wildman–Crippen MR) is 163 cm³/mol. The summed E-state index contributed by atoms with van der Waals surface area (Å²) in [4.78, 5) is 20.4. The molecule has 0 radical (unpaired) electrons. The van der Waals surface area contributed by atoms with E-state index in [4.69, 9.17) is 27.9 Å². The minimum Gasteiger partial charge on any atom is -0.358 e. The fourth-order valence-corrected chi connectivity index (χ4v) is 7.56. The highest BCUT2D eigenvalue weighted by Crippen LogP contribution is 2.45. The van der Waals surface area contributed by atoms with Gasteiger partial charge in [0.05, 0.1) is 23.9 Å². The summed E-state index contributed by atoms with van der Waals surface area (Å²) in [6.45, 7) is 5.87. The number of nitrogens with zero attached hydrogens (tertiary/aromatic N) is 3. The van der Waals surface area contributed by atoms with Gasteiger partial charge in [-0.3, -0.25) is 9.10 Å². The fourth-order valence-electron chi connectivity index (χ4n) is 5.39. The van der Waals surface area contributed by atoms with Crippen LogP contribution in [0.2, 0.25) is 10.0 Å². The number of anilines is 1. The highest BCUT2D eigenvalue weighted by molar-refractivity contribution is 7.93. The molecule has 2 aromatic carbocycles. The van der Waals surface area contributed by atoms with E-state index in [9.17, 15) is 13.2 Å². The number of pyridine rings is 1. The SMILES string of the molecule is C=CC[C@@H]1OC(c2cccc(Cl)c2)[C@@H](c2ccc(Cl)cc2)N([C@H](CC)CN(c2ccccn2)S(=O)(=O)C2CC2)C1=O. The number of sulfonamides is 1. The summed E-state index contributed by atoms with van der Waals surface area (Å²) in [6.07, 6.45) is 3.92. The van der Waals surface area contributed by atoms with E-state index in [1.807, 2.05) is 42.2 Å². The van der Waals surface area contributed by atoms with E-state index in [0.29, 0.717) is 41.5 Å². The molecule has 41 heavy (non-hydrogen) atoms. The van der Waals surface area contributed by atoms with Crippen LogP contribution in [0.1, 0.15) is 55.9 Å². The molecule has 1 aliphatic heterocycles. The molecular weight excluding hydrogens is 581 g/mol.